The Hall–Kier alpha value is -2.19. The Bertz CT molecular complexity index is 696. The molecule has 4 nitrogen and oxygen atoms in total. The molecule has 0 saturated carbocycles. The zero-order chi connectivity index (χ0) is 22.1. The van der Waals surface area contributed by atoms with E-state index in [1.807, 2.05) is 5.32 Å². The minimum absolute atomic E-state index is 0.0653. The summed E-state index contributed by atoms with van der Waals surface area (Å²) in [4.78, 5) is 24.5. The second-order valence-electron chi connectivity index (χ2n) is 7.18. The van der Waals surface area contributed by atoms with E-state index >= 15 is 0 Å². The van der Waals surface area contributed by atoms with Gasteiger partial charge in [0.2, 0.25) is 5.82 Å². The molecule has 1 amide bonds. The lowest BCUT2D eigenvalue weighted by molar-refractivity contribution is -0.146. The molecule has 9 heteroatoms. The van der Waals surface area contributed by atoms with Crippen molar-refractivity contribution in [1.82, 2.24) is 5.32 Å². The van der Waals surface area contributed by atoms with E-state index in [1.165, 1.54) is 0 Å². The van der Waals surface area contributed by atoms with Crippen molar-refractivity contribution in [2.75, 3.05) is 6.61 Å². The molecule has 0 aliphatic carbocycles. The van der Waals surface area contributed by atoms with E-state index in [1.54, 1.807) is 13.8 Å². The van der Waals surface area contributed by atoms with Crippen LogP contribution in [0.1, 0.15) is 69.7 Å². The molecule has 1 rings (SSSR count). The van der Waals surface area contributed by atoms with Gasteiger partial charge >= 0.3 is 5.97 Å². The van der Waals surface area contributed by atoms with Gasteiger partial charge in [-0.25, -0.2) is 26.7 Å². The van der Waals surface area contributed by atoms with Crippen LogP contribution in [0.4, 0.5) is 22.0 Å². The Morgan fingerprint density at radius 3 is 1.90 bits per heavy atom. The zero-order valence-electron chi connectivity index (χ0n) is 16.7. The minimum atomic E-state index is -2.36. The lowest BCUT2D eigenvalue weighted by atomic mass is 10.0. The molecule has 0 radical (unpaired) electrons. The first kappa shape index (κ1) is 24.8. The average Bonchev–Trinajstić information content (AvgIpc) is 2.66. The molecule has 0 spiro atoms. The summed E-state index contributed by atoms with van der Waals surface area (Å²) in [5.41, 5.74) is -1.64. The van der Waals surface area contributed by atoms with Gasteiger partial charge in [0.05, 0.1) is 6.61 Å². The van der Waals surface area contributed by atoms with E-state index in [0.29, 0.717) is 6.42 Å². The van der Waals surface area contributed by atoms with E-state index in [4.69, 9.17) is 4.74 Å². The summed E-state index contributed by atoms with van der Waals surface area (Å²) in [5, 5.41) is 2.03. The van der Waals surface area contributed by atoms with Crippen molar-refractivity contribution < 1.29 is 36.3 Å². The van der Waals surface area contributed by atoms with Crippen LogP contribution in [0, 0.1) is 35.0 Å². The molecule has 1 unspecified atom stereocenters. The summed E-state index contributed by atoms with van der Waals surface area (Å²) in [6.07, 6.45) is 4.64. The number of amides is 1. The molecule has 0 aliphatic rings. The standard InChI is InChI=1S/C20H26F5NO3/c1-4-5-6-7-8-9-29-20(28)12(10-11(2)3)26-19(27)13-14(21)16(23)18(25)17(24)15(13)22/h11-12H,4-10H2,1-3H3,(H,26,27). The summed E-state index contributed by atoms with van der Waals surface area (Å²) in [5.74, 6) is -13.9. The van der Waals surface area contributed by atoms with Crippen LogP contribution < -0.4 is 5.32 Å². The molecule has 1 atom stereocenters. The number of esters is 1. The van der Waals surface area contributed by atoms with Crippen molar-refractivity contribution >= 4 is 11.9 Å². The number of rotatable bonds is 11. The highest BCUT2D eigenvalue weighted by Gasteiger charge is 2.32. The van der Waals surface area contributed by atoms with Gasteiger partial charge in [-0.15, -0.1) is 0 Å². The predicted octanol–water partition coefficient (Wildman–Crippen LogP) is 5.04. The summed E-state index contributed by atoms with van der Waals surface area (Å²) >= 11 is 0. The first-order valence-electron chi connectivity index (χ1n) is 9.60. The second kappa shape index (κ2) is 11.7. The van der Waals surface area contributed by atoms with Crippen molar-refractivity contribution in [2.45, 2.75) is 65.3 Å². The first-order valence-corrected chi connectivity index (χ1v) is 9.60. The van der Waals surface area contributed by atoms with Gasteiger partial charge < -0.3 is 10.1 Å². The van der Waals surface area contributed by atoms with Crippen molar-refractivity contribution in [3.63, 3.8) is 0 Å². The SMILES string of the molecule is CCCCCCCOC(=O)C(CC(C)C)NC(=O)c1c(F)c(F)c(F)c(F)c1F. The number of carbonyl (C=O) groups is 2. The van der Waals surface area contributed by atoms with Crippen LogP contribution in [0.15, 0.2) is 0 Å². The Kier molecular flexibility index (Phi) is 10.0. The highest BCUT2D eigenvalue weighted by atomic mass is 19.2. The number of hydrogen-bond donors (Lipinski definition) is 1. The third-order valence-corrected chi connectivity index (χ3v) is 4.23. The second-order valence-corrected chi connectivity index (χ2v) is 7.18. The number of hydrogen-bond acceptors (Lipinski definition) is 3. The lowest BCUT2D eigenvalue weighted by Gasteiger charge is -2.20. The minimum Gasteiger partial charge on any atom is -0.464 e. The molecule has 0 aromatic heterocycles. The van der Waals surface area contributed by atoms with Crippen molar-refractivity contribution in [3.05, 3.63) is 34.6 Å². The number of ether oxygens (including phenoxy) is 1. The van der Waals surface area contributed by atoms with E-state index in [0.717, 1.165) is 25.7 Å². The molecule has 0 saturated heterocycles. The Morgan fingerprint density at radius 2 is 1.38 bits per heavy atom. The van der Waals surface area contributed by atoms with Crippen molar-refractivity contribution in [1.29, 1.82) is 0 Å². The summed E-state index contributed by atoms with van der Waals surface area (Å²) < 4.78 is 72.5. The number of carbonyl (C=O) groups excluding carboxylic acids is 2. The van der Waals surface area contributed by atoms with E-state index in [-0.39, 0.29) is 18.9 Å². The number of benzene rings is 1. The zero-order valence-corrected chi connectivity index (χ0v) is 16.7. The topological polar surface area (TPSA) is 55.4 Å². The number of unbranched alkanes of at least 4 members (excludes halogenated alkanes) is 4. The van der Waals surface area contributed by atoms with Gasteiger partial charge in [-0.2, -0.15) is 0 Å². The third kappa shape index (κ3) is 6.97. The van der Waals surface area contributed by atoms with Crippen LogP contribution in [0.25, 0.3) is 0 Å². The molecule has 164 valence electrons. The smallest absolute Gasteiger partial charge is 0.328 e. The van der Waals surface area contributed by atoms with E-state index < -0.39 is 52.6 Å². The maximum Gasteiger partial charge on any atom is 0.328 e. The molecule has 1 aromatic rings. The molecule has 0 aliphatic heterocycles. The van der Waals surface area contributed by atoms with Gasteiger partial charge in [0.25, 0.3) is 5.91 Å². The summed E-state index contributed by atoms with van der Waals surface area (Å²) in [7, 11) is 0. The van der Waals surface area contributed by atoms with Crippen LogP contribution >= 0.6 is 0 Å². The number of nitrogens with one attached hydrogen (secondary N) is 1. The monoisotopic (exact) mass is 423 g/mol. The van der Waals surface area contributed by atoms with Gasteiger partial charge in [-0.05, 0) is 18.8 Å². The maximum absolute atomic E-state index is 13.8. The Balaban J connectivity index is 2.88. The highest BCUT2D eigenvalue weighted by Crippen LogP contribution is 2.23. The molecular formula is C20H26F5NO3. The largest absolute Gasteiger partial charge is 0.464 e. The highest BCUT2D eigenvalue weighted by molar-refractivity contribution is 5.97. The van der Waals surface area contributed by atoms with Crippen molar-refractivity contribution in [3.8, 4) is 0 Å². The van der Waals surface area contributed by atoms with Crippen molar-refractivity contribution in [2.24, 2.45) is 5.92 Å². The molecule has 0 fully saturated rings. The molecule has 29 heavy (non-hydrogen) atoms. The molecule has 1 N–H and O–H groups in total. The Labute approximate surface area is 166 Å². The van der Waals surface area contributed by atoms with Gasteiger partial charge in [0, 0.05) is 0 Å². The van der Waals surface area contributed by atoms with Gasteiger partial charge in [-0.3, -0.25) is 4.79 Å². The van der Waals surface area contributed by atoms with Gasteiger partial charge in [-0.1, -0.05) is 46.5 Å². The van der Waals surface area contributed by atoms with Crippen LogP contribution in [0.3, 0.4) is 0 Å². The van der Waals surface area contributed by atoms with Crippen LogP contribution in [-0.4, -0.2) is 24.5 Å². The molecule has 1 aromatic carbocycles. The summed E-state index contributed by atoms with van der Waals surface area (Å²) in [6.45, 7) is 5.63. The maximum atomic E-state index is 13.8. The third-order valence-electron chi connectivity index (χ3n) is 4.23. The first-order chi connectivity index (χ1) is 13.6. The average molecular weight is 423 g/mol. The number of halogens is 5. The predicted molar refractivity (Wildman–Crippen MR) is 96.7 cm³/mol. The van der Waals surface area contributed by atoms with E-state index in [9.17, 15) is 31.5 Å². The van der Waals surface area contributed by atoms with Crippen LogP contribution in [0.5, 0.6) is 0 Å². The van der Waals surface area contributed by atoms with Crippen LogP contribution in [0.2, 0.25) is 0 Å². The van der Waals surface area contributed by atoms with E-state index in [2.05, 4.69) is 6.92 Å². The molecule has 0 bridgehead atoms. The lowest BCUT2D eigenvalue weighted by Crippen LogP contribution is -2.43. The van der Waals surface area contributed by atoms with Gasteiger partial charge in [0.1, 0.15) is 11.6 Å². The van der Waals surface area contributed by atoms with Crippen LogP contribution in [-0.2, 0) is 9.53 Å². The Morgan fingerprint density at radius 1 is 0.862 bits per heavy atom. The quantitative estimate of drug-likeness (QED) is 0.178. The fourth-order valence-electron chi connectivity index (χ4n) is 2.70. The fourth-order valence-corrected chi connectivity index (χ4v) is 2.70. The summed E-state index contributed by atoms with van der Waals surface area (Å²) in [6, 6.07) is -1.28. The normalized spacial score (nSPS) is 12.2. The van der Waals surface area contributed by atoms with Gasteiger partial charge in [0.15, 0.2) is 23.3 Å². The molecule has 0 heterocycles. The molecular weight excluding hydrogens is 397 g/mol. The fraction of sp³-hybridized carbons (Fsp3) is 0.600.